The predicted octanol–water partition coefficient (Wildman–Crippen LogP) is 1.84. The van der Waals surface area contributed by atoms with Gasteiger partial charge in [0.25, 0.3) is 0 Å². The molecule has 78 valence electrons. The van der Waals surface area contributed by atoms with Gasteiger partial charge in [-0.25, -0.2) is 0 Å². The number of rotatable bonds is 4. The highest BCUT2D eigenvalue weighted by molar-refractivity contribution is 9.10. The number of methoxy groups -OCH3 is 1. The van der Waals surface area contributed by atoms with Crippen molar-refractivity contribution in [3.8, 4) is 5.75 Å². The highest BCUT2D eigenvalue weighted by atomic mass is 79.9. The van der Waals surface area contributed by atoms with Gasteiger partial charge in [-0.2, -0.15) is 0 Å². The second-order valence-corrected chi connectivity index (χ2v) is 3.84. The first-order valence-electron chi connectivity index (χ1n) is 4.40. The number of nitrogens with two attached hydrogens (primary N) is 1. The first kappa shape index (κ1) is 11.5. The molecule has 3 nitrogen and oxygen atoms in total. The molecule has 0 amide bonds. The zero-order valence-electron chi connectivity index (χ0n) is 8.03. The summed E-state index contributed by atoms with van der Waals surface area (Å²) in [4.78, 5) is 0. The second kappa shape index (κ2) is 5.34. The minimum Gasteiger partial charge on any atom is -0.496 e. The lowest BCUT2D eigenvalue weighted by atomic mass is 10.1. The fourth-order valence-electron chi connectivity index (χ4n) is 1.21. The van der Waals surface area contributed by atoms with Crippen LogP contribution in [0.1, 0.15) is 18.1 Å². The minimum atomic E-state index is -0.498. The maximum atomic E-state index is 9.67. The molecule has 0 bridgehead atoms. The van der Waals surface area contributed by atoms with Gasteiger partial charge in [-0.1, -0.05) is 6.07 Å². The van der Waals surface area contributed by atoms with Gasteiger partial charge in [-0.05, 0) is 46.6 Å². The van der Waals surface area contributed by atoms with E-state index >= 15 is 0 Å². The SMILES string of the molecule is COc1ccc(C(O)CCN)cc1Br. The molecule has 3 N–H and O–H groups in total. The molecular weight excluding hydrogens is 246 g/mol. The molecule has 0 aliphatic heterocycles. The normalized spacial score (nSPS) is 12.6. The van der Waals surface area contributed by atoms with E-state index in [4.69, 9.17) is 10.5 Å². The first-order valence-corrected chi connectivity index (χ1v) is 5.20. The second-order valence-electron chi connectivity index (χ2n) is 2.99. The Bertz CT molecular complexity index is 304. The average Bonchev–Trinajstić information content (AvgIpc) is 2.18. The molecule has 1 unspecified atom stereocenters. The highest BCUT2D eigenvalue weighted by Crippen LogP contribution is 2.28. The van der Waals surface area contributed by atoms with Crippen LogP contribution in [0.15, 0.2) is 22.7 Å². The van der Waals surface area contributed by atoms with Crippen LogP contribution < -0.4 is 10.5 Å². The number of benzene rings is 1. The van der Waals surface area contributed by atoms with Gasteiger partial charge in [0.2, 0.25) is 0 Å². The van der Waals surface area contributed by atoms with E-state index in [-0.39, 0.29) is 0 Å². The van der Waals surface area contributed by atoms with Gasteiger partial charge < -0.3 is 15.6 Å². The summed E-state index contributed by atoms with van der Waals surface area (Å²) in [5, 5.41) is 9.67. The van der Waals surface area contributed by atoms with Gasteiger partial charge in [0.1, 0.15) is 5.75 Å². The maximum absolute atomic E-state index is 9.67. The molecule has 4 heteroatoms. The van der Waals surface area contributed by atoms with Gasteiger partial charge in [0.15, 0.2) is 0 Å². The van der Waals surface area contributed by atoms with E-state index in [1.165, 1.54) is 0 Å². The summed E-state index contributed by atoms with van der Waals surface area (Å²) in [6.07, 6.45) is 0.0703. The molecule has 0 heterocycles. The van der Waals surface area contributed by atoms with E-state index in [1.54, 1.807) is 7.11 Å². The molecule has 1 rings (SSSR count). The predicted molar refractivity (Wildman–Crippen MR) is 59.3 cm³/mol. The number of hydrogen-bond donors (Lipinski definition) is 2. The van der Waals surface area contributed by atoms with Crippen LogP contribution in [0.25, 0.3) is 0 Å². The maximum Gasteiger partial charge on any atom is 0.133 e. The summed E-state index contributed by atoms with van der Waals surface area (Å²) >= 11 is 3.36. The summed E-state index contributed by atoms with van der Waals surface area (Å²) in [5.41, 5.74) is 6.21. The number of halogens is 1. The molecule has 0 aliphatic carbocycles. The van der Waals surface area contributed by atoms with E-state index in [0.717, 1.165) is 15.8 Å². The van der Waals surface area contributed by atoms with E-state index in [9.17, 15) is 5.11 Å². The Hall–Kier alpha value is -0.580. The van der Waals surface area contributed by atoms with Crippen molar-refractivity contribution in [3.05, 3.63) is 28.2 Å². The fourth-order valence-corrected chi connectivity index (χ4v) is 1.77. The Labute approximate surface area is 92.0 Å². The van der Waals surface area contributed by atoms with Crippen LogP contribution in [0.4, 0.5) is 0 Å². The molecule has 1 aromatic rings. The van der Waals surface area contributed by atoms with Crippen molar-refractivity contribution in [2.45, 2.75) is 12.5 Å². The standard InChI is InChI=1S/C10H14BrNO2/c1-14-10-3-2-7(6-8(10)11)9(13)4-5-12/h2-3,6,9,13H,4-5,12H2,1H3. The molecule has 0 spiro atoms. The van der Waals surface area contributed by atoms with Gasteiger partial charge in [-0.3, -0.25) is 0 Å². The molecule has 0 aromatic heterocycles. The summed E-state index contributed by atoms with van der Waals surface area (Å²) in [5.74, 6) is 0.758. The number of aliphatic hydroxyl groups is 1. The molecule has 0 saturated carbocycles. The van der Waals surface area contributed by atoms with Crippen molar-refractivity contribution in [2.75, 3.05) is 13.7 Å². The lowest BCUT2D eigenvalue weighted by Crippen LogP contribution is -2.06. The molecular formula is C10H14BrNO2. The van der Waals surface area contributed by atoms with Gasteiger partial charge in [-0.15, -0.1) is 0 Å². The van der Waals surface area contributed by atoms with Gasteiger partial charge >= 0.3 is 0 Å². The van der Waals surface area contributed by atoms with Crippen LogP contribution in [0.3, 0.4) is 0 Å². The van der Waals surface area contributed by atoms with Crippen LogP contribution >= 0.6 is 15.9 Å². The zero-order valence-corrected chi connectivity index (χ0v) is 9.62. The third-order valence-electron chi connectivity index (χ3n) is 2.00. The number of hydrogen-bond acceptors (Lipinski definition) is 3. The minimum absolute atomic E-state index is 0.477. The third-order valence-corrected chi connectivity index (χ3v) is 2.62. The summed E-state index contributed by atoms with van der Waals surface area (Å²) in [7, 11) is 1.61. The van der Waals surface area contributed by atoms with Crippen LogP contribution in [-0.2, 0) is 0 Å². The van der Waals surface area contributed by atoms with E-state index in [1.807, 2.05) is 18.2 Å². The molecule has 0 saturated heterocycles. The first-order chi connectivity index (χ1) is 6.69. The van der Waals surface area contributed by atoms with Crippen molar-refractivity contribution >= 4 is 15.9 Å². The molecule has 0 aliphatic rings. The van der Waals surface area contributed by atoms with Crippen molar-refractivity contribution in [3.63, 3.8) is 0 Å². The smallest absolute Gasteiger partial charge is 0.133 e. The number of aliphatic hydroxyl groups excluding tert-OH is 1. The largest absolute Gasteiger partial charge is 0.496 e. The number of ether oxygens (including phenoxy) is 1. The van der Waals surface area contributed by atoms with Crippen molar-refractivity contribution in [1.29, 1.82) is 0 Å². The Balaban J connectivity index is 2.85. The van der Waals surface area contributed by atoms with E-state index < -0.39 is 6.10 Å². The van der Waals surface area contributed by atoms with Crippen LogP contribution in [-0.4, -0.2) is 18.8 Å². The van der Waals surface area contributed by atoms with Crippen molar-refractivity contribution in [2.24, 2.45) is 5.73 Å². The zero-order chi connectivity index (χ0) is 10.6. The van der Waals surface area contributed by atoms with Crippen LogP contribution in [0.5, 0.6) is 5.75 Å². The average molecular weight is 260 g/mol. The summed E-state index contributed by atoms with van der Waals surface area (Å²) in [6.45, 7) is 0.477. The van der Waals surface area contributed by atoms with E-state index in [0.29, 0.717) is 13.0 Å². The molecule has 0 fully saturated rings. The topological polar surface area (TPSA) is 55.5 Å². The Morgan fingerprint density at radius 1 is 1.57 bits per heavy atom. The lowest BCUT2D eigenvalue weighted by molar-refractivity contribution is 0.170. The monoisotopic (exact) mass is 259 g/mol. The Morgan fingerprint density at radius 2 is 2.29 bits per heavy atom. The quantitative estimate of drug-likeness (QED) is 0.868. The molecule has 14 heavy (non-hydrogen) atoms. The summed E-state index contributed by atoms with van der Waals surface area (Å²) < 4.78 is 5.93. The van der Waals surface area contributed by atoms with Crippen LogP contribution in [0, 0.1) is 0 Å². The molecule has 1 aromatic carbocycles. The third kappa shape index (κ3) is 2.70. The Morgan fingerprint density at radius 3 is 2.79 bits per heavy atom. The Kier molecular flexibility index (Phi) is 4.38. The molecule has 0 radical (unpaired) electrons. The van der Waals surface area contributed by atoms with Crippen molar-refractivity contribution in [1.82, 2.24) is 0 Å². The lowest BCUT2D eigenvalue weighted by Gasteiger charge is -2.11. The highest BCUT2D eigenvalue weighted by Gasteiger charge is 2.08. The van der Waals surface area contributed by atoms with E-state index in [2.05, 4.69) is 15.9 Å². The molecule has 1 atom stereocenters. The summed E-state index contributed by atoms with van der Waals surface area (Å²) in [6, 6.07) is 5.50. The van der Waals surface area contributed by atoms with Gasteiger partial charge in [0.05, 0.1) is 17.7 Å². The van der Waals surface area contributed by atoms with Crippen molar-refractivity contribution < 1.29 is 9.84 Å². The van der Waals surface area contributed by atoms with Gasteiger partial charge in [0, 0.05) is 0 Å². The fraction of sp³-hybridized carbons (Fsp3) is 0.400. The van der Waals surface area contributed by atoms with Crippen LogP contribution in [0.2, 0.25) is 0 Å².